The number of fused-ring (bicyclic) bond motifs is 1. The molecule has 1 saturated heterocycles. The van der Waals surface area contributed by atoms with Crippen LogP contribution < -0.4 is 4.90 Å². The fourth-order valence-electron chi connectivity index (χ4n) is 4.07. The number of benzene rings is 1. The van der Waals surface area contributed by atoms with Crippen LogP contribution in [0.3, 0.4) is 0 Å². The second-order valence-corrected chi connectivity index (χ2v) is 6.13. The largest absolute Gasteiger partial charge is 0.274 e. The van der Waals surface area contributed by atoms with Crippen molar-refractivity contribution >= 4 is 17.5 Å². The monoisotopic (exact) mass is 296 g/mol. The molecule has 4 atom stereocenters. The lowest BCUT2D eigenvalue weighted by atomic mass is 9.63. The highest BCUT2D eigenvalue weighted by Crippen LogP contribution is 2.50. The van der Waals surface area contributed by atoms with E-state index in [9.17, 15) is 14.0 Å². The number of imide groups is 1. The number of carbonyl (C=O) groups excluding carboxylic acids is 2. The molecule has 1 aliphatic heterocycles. The molecule has 1 aromatic rings. The van der Waals surface area contributed by atoms with Gasteiger partial charge in [-0.1, -0.05) is 12.2 Å². The number of hydrogen-bond donors (Lipinski definition) is 0. The van der Waals surface area contributed by atoms with E-state index in [0.29, 0.717) is 5.69 Å². The molecular weight excluding hydrogens is 283 g/mol. The molecule has 3 aliphatic carbocycles. The molecule has 4 unspecified atom stereocenters. The molecule has 4 nitrogen and oxygen atoms in total. The molecule has 4 aliphatic rings. The van der Waals surface area contributed by atoms with Crippen molar-refractivity contribution in [3.05, 3.63) is 41.7 Å². The summed E-state index contributed by atoms with van der Waals surface area (Å²) in [6.45, 7) is 0. The van der Waals surface area contributed by atoms with E-state index in [4.69, 9.17) is 5.26 Å². The normalized spacial score (nSPS) is 32.3. The van der Waals surface area contributed by atoms with Gasteiger partial charge in [0.2, 0.25) is 11.8 Å². The van der Waals surface area contributed by atoms with Gasteiger partial charge in [-0.3, -0.25) is 9.59 Å². The average molecular weight is 296 g/mol. The Bertz CT molecular complexity index is 732. The first-order chi connectivity index (χ1) is 10.6. The number of carbonyl (C=O) groups is 2. The molecule has 110 valence electrons. The van der Waals surface area contributed by atoms with Crippen molar-refractivity contribution in [1.82, 2.24) is 0 Å². The summed E-state index contributed by atoms with van der Waals surface area (Å²) in [6.07, 6.45) is 5.97. The van der Waals surface area contributed by atoms with E-state index < -0.39 is 5.82 Å². The lowest BCUT2D eigenvalue weighted by Crippen LogP contribution is -2.38. The van der Waals surface area contributed by atoms with E-state index in [1.54, 1.807) is 6.07 Å². The maximum absolute atomic E-state index is 13.5. The first-order valence-electron chi connectivity index (χ1n) is 7.37. The second-order valence-electron chi connectivity index (χ2n) is 6.13. The number of rotatable bonds is 1. The summed E-state index contributed by atoms with van der Waals surface area (Å²) in [5.74, 6) is -1.45. The van der Waals surface area contributed by atoms with Crippen LogP contribution in [0.25, 0.3) is 0 Å². The Kier molecular flexibility index (Phi) is 2.70. The lowest BCUT2D eigenvalue weighted by molar-refractivity contribution is -0.124. The minimum Gasteiger partial charge on any atom is -0.274 e. The number of halogens is 1. The Labute approximate surface area is 126 Å². The van der Waals surface area contributed by atoms with Gasteiger partial charge in [-0.2, -0.15) is 5.26 Å². The molecule has 0 spiro atoms. The molecule has 0 aromatic heterocycles. The second kappa shape index (κ2) is 4.51. The molecule has 1 heterocycles. The van der Waals surface area contributed by atoms with Gasteiger partial charge in [0.25, 0.3) is 0 Å². The van der Waals surface area contributed by atoms with Crippen LogP contribution in [0.15, 0.2) is 30.4 Å². The number of hydrogen-bond acceptors (Lipinski definition) is 3. The quantitative estimate of drug-likeness (QED) is 0.590. The first kappa shape index (κ1) is 13.2. The Balaban J connectivity index is 1.77. The van der Waals surface area contributed by atoms with Gasteiger partial charge in [0.05, 0.1) is 23.1 Å². The molecule has 1 aromatic carbocycles. The molecule has 2 amide bonds. The molecule has 0 N–H and O–H groups in total. The number of amides is 2. The highest BCUT2D eigenvalue weighted by atomic mass is 19.1. The standard InChI is InChI=1S/C17H13FN2O2/c18-13-6-5-12(7-11(13)8-19)20-16(21)14-9-1-2-10(4-3-9)15(14)17(20)22/h1-2,5-7,9-10,14-15H,3-4H2. The van der Waals surface area contributed by atoms with Crippen molar-refractivity contribution in [2.24, 2.45) is 23.7 Å². The fourth-order valence-corrected chi connectivity index (χ4v) is 4.07. The minimum atomic E-state index is -0.649. The van der Waals surface area contributed by atoms with E-state index in [2.05, 4.69) is 12.2 Å². The number of nitrogens with zero attached hydrogens (tertiary/aromatic N) is 2. The molecule has 22 heavy (non-hydrogen) atoms. The smallest absolute Gasteiger partial charge is 0.238 e. The van der Waals surface area contributed by atoms with Gasteiger partial charge in [0.15, 0.2) is 0 Å². The third-order valence-electron chi connectivity index (χ3n) is 5.09. The maximum Gasteiger partial charge on any atom is 0.238 e. The summed E-state index contributed by atoms with van der Waals surface area (Å²) in [5.41, 5.74) is 0.135. The summed E-state index contributed by atoms with van der Waals surface area (Å²) >= 11 is 0. The lowest BCUT2D eigenvalue weighted by Gasteiger charge is -2.38. The molecule has 5 rings (SSSR count). The van der Waals surface area contributed by atoms with Crippen LogP contribution in [0.5, 0.6) is 0 Å². The summed E-state index contributed by atoms with van der Waals surface area (Å²) < 4.78 is 13.5. The van der Waals surface area contributed by atoms with Crippen LogP contribution in [0, 0.1) is 40.8 Å². The Morgan fingerprint density at radius 2 is 1.68 bits per heavy atom. The van der Waals surface area contributed by atoms with Gasteiger partial charge < -0.3 is 0 Å². The molecule has 5 heteroatoms. The Hall–Kier alpha value is -2.48. The zero-order valence-electron chi connectivity index (χ0n) is 11.7. The molecule has 0 radical (unpaired) electrons. The van der Waals surface area contributed by atoms with Crippen molar-refractivity contribution in [2.75, 3.05) is 4.90 Å². The SMILES string of the molecule is N#Cc1cc(N2C(=O)C3C4C=CC(CC4)C3C2=O)ccc1F. The van der Waals surface area contributed by atoms with Crippen molar-refractivity contribution < 1.29 is 14.0 Å². The summed E-state index contributed by atoms with van der Waals surface area (Å²) in [4.78, 5) is 26.6. The minimum absolute atomic E-state index is 0.118. The van der Waals surface area contributed by atoms with Crippen LogP contribution in [-0.2, 0) is 9.59 Å². The fraction of sp³-hybridized carbons (Fsp3) is 0.353. The highest BCUT2D eigenvalue weighted by Gasteiger charge is 2.56. The Morgan fingerprint density at radius 3 is 2.18 bits per heavy atom. The van der Waals surface area contributed by atoms with E-state index >= 15 is 0 Å². The summed E-state index contributed by atoms with van der Waals surface area (Å²) in [7, 11) is 0. The van der Waals surface area contributed by atoms with Gasteiger partial charge in [-0.15, -0.1) is 0 Å². The van der Waals surface area contributed by atoms with Crippen LogP contribution in [-0.4, -0.2) is 11.8 Å². The average Bonchev–Trinajstić information content (AvgIpc) is 2.83. The van der Waals surface area contributed by atoms with Crippen molar-refractivity contribution in [3.8, 4) is 6.07 Å². The zero-order valence-corrected chi connectivity index (χ0v) is 11.7. The van der Waals surface area contributed by atoms with Crippen LogP contribution in [0.4, 0.5) is 10.1 Å². The highest BCUT2D eigenvalue weighted by molar-refractivity contribution is 6.22. The predicted molar refractivity (Wildman–Crippen MR) is 75.9 cm³/mol. The van der Waals surface area contributed by atoms with Gasteiger partial charge in [0.1, 0.15) is 11.9 Å². The van der Waals surface area contributed by atoms with Gasteiger partial charge in [-0.05, 0) is 42.9 Å². The van der Waals surface area contributed by atoms with Gasteiger partial charge in [-0.25, -0.2) is 9.29 Å². The zero-order chi connectivity index (χ0) is 15.4. The summed E-state index contributed by atoms with van der Waals surface area (Å²) in [6, 6.07) is 5.54. The number of anilines is 1. The first-order valence-corrected chi connectivity index (χ1v) is 7.37. The number of nitriles is 1. The predicted octanol–water partition coefficient (Wildman–Crippen LogP) is 2.40. The van der Waals surface area contributed by atoms with E-state index in [1.165, 1.54) is 12.1 Å². The molecule has 2 bridgehead atoms. The number of allylic oxidation sites excluding steroid dienone is 2. The molecule has 1 saturated carbocycles. The van der Waals surface area contributed by atoms with Crippen molar-refractivity contribution in [3.63, 3.8) is 0 Å². The van der Waals surface area contributed by atoms with Crippen LogP contribution in [0.1, 0.15) is 18.4 Å². The van der Waals surface area contributed by atoms with Gasteiger partial charge in [0, 0.05) is 0 Å². The van der Waals surface area contributed by atoms with E-state index in [-0.39, 0.29) is 41.0 Å². The maximum atomic E-state index is 13.5. The molecule has 2 fully saturated rings. The Morgan fingerprint density at radius 1 is 1.09 bits per heavy atom. The van der Waals surface area contributed by atoms with Crippen molar-refractivity contribution in [1.29, 1.82) is 5.26 Å². The van der Waals surface area contributed by atoms with E-state index in [1.807, 2.05) is 0 Å². The topological polar surface area (TPSA) is 61.2 Å². The van der Waals surface area contributed by atoms with Crippen molar-refractivity contribution in [2.45, 2.75) is 12.8 Å². The van der Waals surface area contributed by atoms with Gasteiger partial charge >= 0.3 is 0 Å². The van der Waals surface area contributed by atoms with Crippen LogP contribution in [0.2, 0.25) is 0 Å². The summed E-state index contributed by atoms with van der Waals surface area (Å²) in [5, 5.41) is 8.93. The third-order valence-corrected chi connectivity index (χ3v) is 5.09. The molecular formula is C17H13FN2O2. The van der Waals surface area contributed by atoms with Crippen LogP contribution >= 0.6 is 0 Å². The van der Waals surface area contributed by atoms with E-state index in [0.717, 1.165) is 23.8 Å². The third kappa shape index (κ3) is 1.61.